The number of hydrogen-bond acceptors (Lipinski definition) is 5. The zero-order valence-electron chi connectivity index (χ0n) is 11.5. The van der Waals surface area contributed by atoms with Crippen LogP contribution in [0.5, 0.6) is 5.75 Å². The molecule has 0 bridgehead atoms. The zero-order chi connectivity index (χ0) is 15.0. The lowest BCUT2D eigenvalue weighted by molar-refractivity contribution is 0.242. The highest BCUT2D eigenvalue weighted by Crippen LogP contribution is 2.10. The van der Waals surface area contributed by atoms with Gasteiger partial charge in [0.05, 0.1) is 29.9 Å². The van der Waals surface area contributed by atoms with Crippen molar-refractivity contribution < 1.29 is 4.74 Å². The smallest absolute Gasteiger partial charge is 0.254 e. The van der Waals surface area contributed by atoms with Crippen molar-refractivity contribution in [3.63, 3.8) is 0 Å². The third kappa shape index (κ3) is 2.73. The summed E-state index contributed by atoms with van der Waals surface area (Å²) in [7, 11) is 0. The van der Waals surface area contributed by atoms with Crippen LogP contribution in [0.25, 0.3) is 6.20 Å². The van der Waals surface area contributed by atoms with Crippen LogP contribution < -0.4 is 30.8 Å². The molecule has 0 radical (unpaired) electrons. The molecule has 0 saturated heterocycles. The van der Waals surface area contributed by atoms with E-state index in [0.717, 1.165) is 5.22 Å². The fourth-order valence-electron chi connectivity index (χ4n) is 1.96. The lowest BCUT2D eigenvalue weighted by Gasteiger charge is -2.21. The summed E-state index contributed by atoms with van der Waals surface area (Å²) < 4.78 is 5.54. The van der Waals surface area contributed by atoms with E-state index in [4.69, 9.17) is 16.3 Å². The van der Waals surface area contributed by atoms with Crippen molar-refractivity contribution in [3.05, 3.63) is 51.4 Å². The molecule has 0 saturated carbocycles. The fourth-order valence-corrected chi connectivity index (χ4v) is 2.13. The SMILES string of the molecule is CC(C)Oc1cnn(N2C=c3ccc(Cl)cc3=[N+]([O-])N2)c1. The number of halogens is 1. The van der Waals surface area contributed by atoms with Crippen molar-refractivity contribution in [1.82, 2.24) is 20.3 Å². The third-order valence-electron chi connectivity index (χ3n) is 2.80. The molecule has 0 amide bonds. The lowest BCUT2D eigenvalue weighted by Crippen LogP contribution is -2.59. The lowest BCUT2D eigenvalue weighted by atomic mass is 10.3. The number of hydrazine groups is 2. The maximum atomic E-state index is 12.0. The van der Waals surface area contributed by atoms with E-state index in [-0.39, 0.29) is 6.10 Å². The van der Waals surface area contributed by atoms with Crippen LogP contribution in [0.1, 0.15) is 13.8 Å². The summed E-state index contributed by atoms with van der Waals surface area (Å²) in [6, 6.07) is 5.09. The van der Waals surface area contributed by atoms with Gasteiger partial charge in [-0.1, -0.05) is 22.0 Å². The second kappa shape index (κ2) is 5.17. The summed E-state index contributed by atoms with van der Waals surface area (Å²) in [5.74, 6) is 0.625. The minimum absolute atomic E-state index is 0.0554. The van der Waals surface area contributed by atoms with Crippen molar-refractivity contribution in [2.24, 2.45) is 0 Å². The number of fused-ring (bicyclic) bond motifs is 1. The molecule has 0 spiro atoms. The van der Waals surface area contributed by atoms with E-state index in [1.807, 2.05) is 13.8 Å². The largest absolute Gasteiger partial charge is 0.594 e. The molecule has 1 aliphatic heterocycles. The molecule has 1 aliphatic rings. The molecule has 0 aliphatic carbocycles. The first-order valence-electron chi connectivity index (χ1n) is 6.42. The number of nitrogens with one attached hydrogen (secondary N) is 1. The molecule has 2 heterocycles. The van der Waals surface area contributed by atoms with Crippen molar-refractivity contribution in [1.29, 1.82) is 0 Å². The Morgan fingerprint density at radius 3 is 3.00 bits per heavy atom. The van der Waals surface area contributed by atoms with E-state index in [2.05, 4.69) is 10.6 Å². The maximum Gasteiger partial charge on any atom is 0.254 e. The Hall–Kier alpha value is -2.41. The highest BCUT2D eigenvalue weighted by Gasteiger charge is 2.15. The van der Waals surface area contributed by atoms with Gasteiger partial charge in [-0.15, -0.1) is 5.12 Å². The Morgan fingerprint density at radius 2 is 2.24 bits per heavy atom. The highest BCUT2D eigenvalue weighted by molar-refractivity contribution is 6.30. The Labute approximate surface area is 125 Å². The summed E-state index contributed by atoms with van der Waals surface area (Å²) in [5.41, 5.74) is 2.62. The number of aromatic nitrogens is 2. The summed E-state index contributed by atoms with van der Waals surface area (Å²) in [6.07, 6.45) is 5.06. The molecule has 3 rings (SSSR count). The van der Waals surface area contributed by atoms with Gasteiger partial charge in [-0.3, -0.25) is 0 Å². The van der Waals surface area contributed by atoms with E-state index in [1.54, 1.807) is 36.8 Å². The highest BCUT2D eigenvalue weighted by atomic mass is 35.5. The van der Waals surface area contributed by atoms with E-state index < -0.39 is 0 Å². The molecule has 1 aromatic heterocycles. The van der Waals surface area contributed by atoms with Gasteiger partial charge >= 0.3 is 0 Å². The number of rotatable bonds is 3. The molecule has 7 nitrogen and oxygen atoms in total. The van der Waals surface area contributed by atoms with E-state index >= 15 is 0 Å². The van der Waals surface area contributed by atoms with E-state index in [1.165, 1.54) is 9.91 Å². The van der Waals surface area contributed by atoms with Gasteiger partial charge in [0.2, 0.25) is 0 Å². The van der Waals surface area contributed by atoms with Crippen LogP contribution in [0, 0.1) is 5.21 Å². The summed E-state index contributed by atoms with van der Waals surface area (Å²) >= 11 is 5.89. The molecule has 1 N–H and O–H groups in total. The number of hydrogen-bond donors (Lipinski definition) is 1. The van der Waals surface area contributed by atoms with Crippen LogP contribution in [0.3, 0.4) is 0 Å². The molecule has 2 aromatic rings. The van der Waals surface area contributed by atoms with Crippen LogP contribution in [0.2, 0.25) is 5.02 Å². The Morgan fingerprint density at radius 1 is 1.43 bits per heavy atom. The predicted molar refractivity (Wildman–Crippen MR) is 79.1 cm³/mol. The monoisotopic (exact) mass is 307 g/mol. The van der Waals surface area contributed by atoms with Gasteiger partial charge in [0, 0.05) is 11.1 Å². The van der Waals surface area contributed by atoms with Gasteiger partial charge < -0.3 is 9.94 Å². The minimum atomic E-state index is 0.0554. The van der Waals surface area contributed by atoms with Crippen LogP contribution >= 0.6 is 11.6 Å². The number of benzene rings is 1. The standard InChI is InChI=1S/C13H14ClN5O2/c1-9(2)21-12-6-15-17(8-12)18-7-10-3-4-11(14)5-13(10)19(20)16-18/h3-9,16H,1-2H3. The summed E-state index contributed by atoms with van der Waals surface area (Å²) in [6.45, 7) is 3.87. The van der Waals surface area contributed by atoms with Crippen molar-refractivity contribution >= 4 is 17.8 Å². The molecule has 21 heavy (non-hydrogen) atoms. The van der Waals surface area contributed by atoms with Crippen LogP contribution in [-0.2, 0) is 0 Å². The number of ether oxygens (including phenoxy) is 1. The first-order chi connectivity index (χ1) is 10.0. The topological polar surface area (TPSA) is 68.4 Å². The van der Waals surface area contributed by atoms with Crippen LogP contribution in [0.4, 0.5) is 0 Å². The summed E-state index contributed by atoms with van der Waals surface area (Å²) in [5, 5.41) is 19.3. The van der Waals surface area contributed by atoms with Crippen molar-refractivity contribution in [2.45, 2.75) is 20.0 Å². The molecule has 110 valence electrons. The molecule has 8 heteroatoms. The maximum absolute atomic E-state index is 12.0. The average Bonchev–Trinajstić information content (AvgIpc) is 2.87. The quantitative estimate of drug-likeness (QED) is 0.644. The molecular formula is C13H14ClN5O2. The van der Waals surface area contributed by atoms with Gasteiger partial charge in [-0.05, 0) is 26.0 Å². The normalized spacial score (nSPS) is 13.7. The second-order valence-corrected chi connectivity index (χ2v) is 5.27. The zero-order valence-corrected chi connectivity index (χ0v) is 12.3. The number of nitrogens with zero attached hydrogens (tertiary/aromatic N) is 4. The Bertz CT molecular complexity index is 786. The predicted octanol–water partition coefficient (Wildman–Crippen LogP) is 0.122. The first kappa shape index (κ1) is 13.6. The third-order valence-corrected chi connectivity index (χ3v) is 3.04. The molecule has 0 fully saturated rings. The van der Waals surface area contributed by atoms with E-state index in [9.17, 15) is 5.21 Å². The second-order valence-electron chi connectivity index (χ2n) is 4.83. The van der Waals surface area contributed by atoms with Gasteiger partial charge in [-0.2, -0.15) is 9.89 Å². The fraction of sp³-hybridized carbons (Fsp3) is 0.231. The molecule has 1 aromatic carbocycles. The van der Waals surface area contributed by atoms with Crippen molar-refractivity contribution in [3.8, 4) is 5.75 Å². The molecule has 0 unspecified atom stereocenters. The average molecular weight is 308 g/mol. The van der Waals surface area contributed by atoms with Gasteiger partial charge in [-0.25, -0.2) is 0 Å². The molecular weight excluding hydrogens is 294 g/mol. The summed E-state index contributed by atoms with van der Waals surface area (Å²) in [4.78, 5) is 2.10. The van der Waals surface area contributed by atoms with Crippen molar-refractivity contribution in [2.75, 3.05) is 5.12 Å². The Balaban J connectivity index is 1.95. The van der Waals surface area contributed by atoms with Gasteiger partial charge in [0.1, 0.15) is 0 Å². The van der Waals surface area contributed by atoms with Crippen LogP contribution in [0.15, 0.2) is 30.6 Å². The van der Waals surface area contributed by atoms with E-state index in [0.29, 0.717) is 21.0 Å². The first-order valence-corrected chi connectivity index (χ1v) is 6.79. The minimum Gasteiger partial charge on any atom is -0.594 e. The Kier molecular flexibility index (Phi) is 3.34. The molecule has 0 atom stereocenters. The van der Waals surface area contributed by atoms with Gasteiger partial charge in [0.25, 0.3) is 5.36 Å². The van der Waals surface area contributed by atoms with Crippen LogP contribution in [-0.4, -0.2) is 16.0 Å². The van der Waals surface area contributed by atoms with Gasteiger partial charge in [0.15, 0.2) is 5.75 Å².